The number of hydrogen-bond acceptors (Lipinski definition) is 2. The number of aliphatic hydroxyl groups excluding tert-OH is 1. The van der Waals surface area contributed by atoms with Crippen LogP contribution >= 0.6 is 0 Å². The molecule has 2 N–H and O–H groups in total. The SMILES string of the molecule is CC(C)(CCO)CNCC(F)(F)c1ccccc1. The van der Waals surface area contributed by atoms with Gasteiger partial charge in [-0.15, -0.1) is 0 Å². The van der Waals surface area contributed by atoms with Gasteiger partial charge in [0.15, 0.2) is 0 Å². The lowest BCUT2D eigenvalue weighted by Crippen LogP contribution is -2.37. The Morgan fingerprint density at radius 1 is 1.11 bits per heavy atom. The fourth-order valence-corrected chi connectivity index (χ4v) is 1.73. The van der Waals surface area contributed by atoms with Crippen molar-refractivity contribution >= 4 is 0 Å². The molecule has 0 fully saturated rings. The van der Waals surface area contributed by atoms with Gasteiger partial charge in [0.05, 0.1) is 6.54 Å². The molecule has 0 spiro atoms. The Morgan fingerprint density at radius 3 is 2.28 bits per heavy atom. The lowest BCUT2D eigenvalue weighted by molar-refractivity contribution is -0.00529. The van der Waals surface area contributed by atoms with Gasteiger partial charge in [0.25, 0.3) is 5.92 Å². The lowest BCUT2D eigenvalue weighted by Gasteiger charge is -2.26. The van der Waals surface area contributed by atoms with Crippen LogP contribution in [0.4, 0.5) is 8.78 Å². The van der Waals surface area contributed by atoms with Gasteiger partial charge in [-0.2, -0.15) is 8.78 Å². The summed E-state index contributed by atoms with van der Waals surface area (Å²) >= 11 is 0. The van der Waals surface area contributed by atoms with Crippen molar-refractivity contribution in [3.63, 3.8) is 0 Å². The van der Waals surface area contributed by atoms with Crippen molar-refractivity contribution in [1.82, 2.24) is 5.32 Å². The van der Waals surface area contributed by atoms with Crippen molar-refractivity contribution in [3.05, 3.63) is 35.9 Å². The van der Waals surface area contributed by atoms with Crippen molar-refractivity contribution in [1.29, 1.82) is 0 Å². The first-order valence-electron chi connectivity index (χ1n) is 6.12. The van der Waals surface area contributed by atoms with Crippen LogP contribution in [0.15, 0.2) is 30.3 Å². The molecule has 1 rings (SSSR count). The molecule has 0 atom stereocenters. The molecule has 1 aromatic rings. The van der Waals surface area contributed by atoms with Crippen LogP contribution in [0, 0.1) is 5.41 Å². The first-order chi connectivity index (χ1) is 8.37. The second kappa shape index (κ2) is 6.25. The van der Waals surface area contributed by atoms with Crippen LogP contribution in [0.2, 0.25) is 0 Å². The summed E-state index contributed by atoms with van der Waals surface area (Å²) in [7, 11) is 0. The van der Waals surface area contributed by atoms with Crippen molar-refractivity contribution in [2.75, 3.05) is 19.7 Å². The van der Waals surface area contributed by atoms with E-state index in [9.17, 15) is 8.78 Å². The second-order valence-electron chi connectivity index (χ2n) is 5.31. The molecular weight excluding hydrogens is 236 g/mol. The normalized spacial score (nSPS) is 12.7. The van der Waals surface area contributed by atoms with Gasteiger partial charge in [-0.05, 0) is 11.8 Å². The van der Waals surface area contributed by atoms with Crippen LogP contribution in [-0.2, 0) is 5.92 Å². The Hall–Kier alpha value is -1.00. The Balaban J connectivity index is 2.48. The van der Waals surface area contributed by atoms with E-state index in [0.29, 0.717) is 13.0 Å². The van der Waals surface area contributed by atoms with Crippen LogP contribution in [0.25, 0.3) is 0 Å². The molecule has 2 nitrogen and oxygen atoms in total. The molecule has 18 heavy (non-hydrogen) atoms. The van der Waals surface area contributed by atoms with Gasteiger partial charge in [0.1, 0.15) is 0 Å². The Labute approximate surface area is 107 Å². The lowest BCUT2D eigenvalue weighted by atomic mass is 9.89. The molecule has 0 bridgehead atoms. The summed E-state index contributed by atoms with van der Waals surface area (Å²) in [5.41, 5.74) is -0.154. The minimum absolute atomic E-state index is 0.0254. The predicted octanol–water partition coefficient (Wildman–Crippen LogP) is 2.78. The van der Waals surface area contributed by atoms with E-state index in [1.807, 2.05) is 13.8 Å². The van der Waals surface area contributed by atoms with Gasteiger partial charge >= 0.3 is 0 Å². The largest absolute Gasteiger partial charge is 0.396 e. The van der Waals surface area contributed by atoms with Crippen LogP contribution < -0.4 is 5.32 Å². The minimum Gasteiger partial charge on any atom is -0.396 e. The Morgan fingerprint density at radius 2 is 1.72 bits per heavy atom. The zero-order chi connectivity index (χ0) is 13.6. The van der Waals surface area contributed by atoms with Crippen molar-refractivity contribution in [2.45, 2.75) is 26.2 Å². The molecule has 0 aliphatic rings. The predicted molar refractivity (Wildman–Crippen MR) is 68.7 cm³/mol. The number of aliphatic hydroxyl groups is 1. The van der Waals surface area contributed by atoms with Gasteiger partial charge in [-0.3, -0.25) is 0 Å². The summed E-state index contributed by atoms with van der Waals surface area (Å²) in [5.74, 6) is -2.86. The van der Waals surface area contributed by atoms with Crippen LogP contribution in [-0.4, -0.2) is 24.8 Å². The second-order valence-corrected chi connectivity index (χ2v) is 5.31. The van der Waals surface area contributed by atoms with Gasteiger partial charge in [0.2, 0.25) is 0 Å². The Kier molecular flexibility index (Phi) is 5.23. The first kappa shape index (κ1) is 15.1. The highest BCUT2D eigenvalue weighted by Crippen LogP contribution is 2.27. The van der Waals surface area contributed by atoms with Crippen LogP contribution in [0.3, 0.4) is 0 Å². The van der Waals surface area contributed by atoms with Gasteiger partial charge in [0, 0.05) is 18.7 Å². The maximum absolute atomic E-state index is 13.8. The van der Waals surface area contributed by atoms with E-state index < -0.39 is 5.92 Å². The monoisotopic (exact) mass is 257 g/mol. The minimum atomic E-state index is -2.86. The van der Waals surface area contributed by atoms with E-state index in [-0.39, 0.29) is 24.1 Å². The van der Waals surface area contributed by atoms with Crippen LogP contribution in [0.1, 0.15) is 25.8 Å². The van der Waals surface area contributed by atoms with E-state index in [1.165, 1.54) is 12.1 Å². The molecule has 0 radical (unpaired) electrons. The first-order valence-corrected chi connectivity index (χ1v) is 6.12. The zero-order valence-corrected chi connectivity index (χ0v) is 10.9. The molecular formula is C14H21F2NO. The quantitative estimate of drug-likeness (QED) is 0.787. The number of benzene rings is 1. The van der Waals surface area contributed by atoms with Crippen molar-refractivity contribution in [3.8, 4) is 0 Å². The number of hydrogen-bond donors (Lipinski definition) is 2. The van der Waals surface area contributed by atoms with Gasteiger partial charge in [-0.1, -0.05) is 44.2 Å². The highest BCUT2D eigenvalue weighted by Gasteiger charge is 2.31. The van der Waals surface area contributed by atoms with E-state index in [4.69, 9.17) is 5.11 Å². The summed E-state index contributed by atoms with van der Waals surface area (Å²) in [5, 5.41) is 11.7. The van der Waals surface area contributed by atoms with Gasteiger partial charge in [-0.25, -0.2) is 0 Å². The summed E-state index contributed by atoms with van der Waals surface area (Å²) < 4.78 is 27.6. The summed E-state index contributed by atoms with van der Waals surface area (Å²) in [6.07, 6.45) is 0.594. The molecule has 0 heterocycles. The molecule has 0 saturated heterocycles. The average molecular weight is 257 g/mol. The number of alkyl halides is 2. The zero-order valence-electron chi connectivity index (χ0n) is 10.9. The van der Waals surface area contributed by atoms with Crippen molar-refractivity contribution < 1.29 is 13.9 Å². The van der Waals surface area contributed by atoms with E-state index >= 15 is 0 Å². The molecule has 0 aliphatic heterocycles. The Bertz CT molecular complexity index is 352. The van der Waals surface area contributed by atoms with Crippen LogP contribution in [0.5, 0.6) is 0 Å². The third-order valence-electron chi connectivity index (χ3n) is 2.94. The van der Waals surface area contributed by atoms with E-state index in [0.717, 1.165) is 0 Å². The molecule has 0 amide bonds. The molecule has 0 aliphatic carbocycles. The summed E-state index contributed by atoms with van der Waals surface area (Å²) in [4.78, 5) is 0. The standard InChI is InChI=1S/C14H21F2NO/c1-13(2,8-9-18)10-17-11-14(15,16)12-6-4-3-5-7-12/h3-7,17-18H,8-11H2,1-2H3. The highest BCUT2D eigenvalue weighted by atomic mass is 19.3. The average Bonchev–Trinajstić information content (AvgIpc) is 2.29. The van der Waals surface area contributed by atoms with E-state index in [1.54, 1.807) is 18.2 Å². The molecule has 102 valence electrons. The van der Waals surface area contributed by atoms with E-state index in [2.05, 4.69) is 5.32 Å². The molecule has 0 saturated carbocycles. The van der Waals surface area contributed by atoms with Crippen molar-refractivity contribution in [2.24, 2.45) is 5.41 Å². The maximum atomic E-state index is 13.8. The molecule has 1 aromatic carbocycles. The maximum Gasteiger partial charge on any atom is 0.285 e. The fourth-order valence-electron chi connectivity index (χ4n) is 1.73. The van der Waals surface area contributed by atoms with Gasteiger partial charge < -0.3 is 10.4 Å². The topological polar surface area (TPSA) is 32.3 Å². The summed E-state index contributed by atoms with van der Waals surface area (Å²) in [6, 6.07) is 7.80. The smallest absolute Gasteiger partial charge is 0.285 e. The number of halogens is 2. The molecule has 0 aromatic heterocycles. The number of nitrogens with one attached hydrogen (secondary N) is 1. The molecule has 0 unspecified atom stereocenters. The number of rotatable bonds is 7. The highest BCUT2D eigenvalue weighted by molar-refractivity contribution is 5.20. The molecule has 4 heteroatoms. The fraction of sp³-hybridized carbons (Fsp3) is 0.571. The third-order valence-corrected chi connectivity index (χ3v) is 2.94. The third kappa shape index (κ3) is 4.70. The summed E-state index contributed by atoms with van der Waals surface area (Å²) in [6.45, 7) is 4.03.